The number of hydrogen-bond acceptors (Lipinski definition) is 4. The summed E-state index contributed by atoms with van der Waals surface area (Å²) in [7, 11) is 1.68. The standard InChI is InChI=1S/C14H20O4/c1-16-5-3-7-17-13-9-11(10-15)8-12-4-2-6-18-14(12)13/h8-9,15H,2-7,10H2,1H3. The summed E-state index contributed by atoms with van der Waals surface area (Å²) >= 11 is 0. The van der Waals surface area contributed by atoms with Crippen LogP contribution in [-0.2, 0) is 17.8 Å². The first-order valence-electron chi connectivity index (χ1n) is 6.36. The summed E-state index contributed by atoms with van der Waals surface area (Å²) in [4.78, 5) is 0. The highest BCUT2D eigenvalue weighted by Gasteiger charge is 2.17. The van der Waals surface area contributed by atoms with Crippen molar-refractivity contribution in [1.82, 2.24) is 0 Å². The van der Waals surface area contributed by atoms with E-state index in [1.165, 1.54) is 0 Å². The Bertz CT molecular complexity index is 390. The van der Waals surface area contributed by atoms with Gasteiger partial charge in [-0.05, 0) is 36.1 Å². The molecule has 0 spiro atoms. The summed E-state index contributed by atoms with van der Waals surface area (Å²) in [6, 6.07) is 3.85. The zero-order valence-corrected chi connectivity index (χ0v) is 10.8. The van der Waals surface area contributed by atoms with E-state index in [2.05, 4.69) is 0 Å². The maximum Gasteiger partial charge on any atom is 0.164 e. The molecule has 100 valence electrons. The van der Waals surface area contributed by atoms with E-state index in [1.807, 2.05) is 12.1 Å². The Morgan fingerprint density at radius 1 is 1.33 bits per heavy atom. The van der Waals surface area contributed by atoms with Crippen molar-refractivity contribution in [3.8, 4) is 11.5 Å². The van der Waals surface area contributed by atoms with Gasteiger partial charge in [0.2, 0.25) is 0 Å². The van der Waals surface area contributed by atoms with Crippen molar-refractivity contribution in [1.29, 1.82) is 0 Å². The molecule has 0 bridgehead atoms. The molecule has 1 aliphatic heterocycles. The number of aryl methyl sites for hydroxylation is 1. The second kappa shape index (κ2) is 6.61. The van der Waals surface area contributed by atoms with Gasteiger partial charge in [-0.25, -0.2) is 0 Å². The van der Waals surface area contributed by atoms with E-state index in [1.54, 1.807) is 7.11 Å². The van der Waals surface area contributed by atoms with Crippen molar-refractivity contribution in [2.75, 3.05) is 26.9 Å². The maximum absolute atomic E-state index is 9.26. The Labute approximate surface area is 107 Å². The van der Waals surface area contributed by atoms with E-state index in [9.17, 15) is 5.11 Å². The molecule has 1 aromatic rings. The number of methoxy groups -OCH3 is 1. The quantitative estimate of drug-likeness (QED) is 0.786. The van der Waals surface area contributed by atoms with E-state index in [-0.39, 0.29) is 6.61 Å². The van der Waals surface area contributed by atoms with Crippen LogP contribution in [0.15, 0.2) is 12.1 Å². The molecule has 1 aliphatic rings. The van der Waals surface area contributed by atoms with Crippen LogP contribution in [0.3, 0.4) is 0 Å². The predicted molar refractivity (Wildman–Crippen MR) is 68.2 cm³/mol. The van der Waals surface area contributed by atoms with Gasteiger partial charge in [-0.3, -0.25) is 0 Å². The Morgan fingerprint density at radius 2 is 2.22 bits per heavy atom. The van der Waals surface area contributed by atoms with Crippen LogP contribution in [0.5, 0.6) is 11.5 Å². The topological polar surface area (TPSA) is 47.9 Å². The van der Waals surface area contributed by atoms with Gasteiger partial charge in [-0.2, -0.15) is 0 Å². The molecule has 0 unspecified atom stereocenters. The van der Waals surface area contributed by atoms with Gasteiger partial charge in [-0.15, -0.1) is 0 Å². The fourth-order valence-electron chi connectivity index (χ4n) is 2.09. The van der Waals surface area contributed by atoms with Gasteiger partial charge >= 0.3 is 0 Å². The monoisotopic (exact) mass is 252 g/mol. The average molecular weight is 252 g/mol. The fraction of sp³-hybridized carbons (Fsp3) is 0.571. The highest BCUT2D eigenvalue weighted by atomic mass is 16.5. The zero-order valence-electron chi connectivity index (χ0n) is 10.8. The summed E-state index contributed by atoms with van der Waals surface area (Å²) in [5, 5.41) is 9.26. The normalized spacial score (nSPS) is 13.9. The summed E-state index contributed by atoms with van der Waals surface area (Å²) < 4.78 is 16.4. The molecule has 0 amide bonds. The third kappa shape index (κ3) is 3.15. The largest absolute Gasteiger partial charge is 0.490 e. The van der Waals surface area contributed by atoms with E-state index in [4.69, 9.17) is 14.2 Å². The van der Waals surface area contributed by atoms with Crippen LogP contribution in [-0.4, -0.2) is 32.0 Å². The van der Waals surface area contributed by atoms with Crippen molar-refractivity contribution in [2.45, 2.75) is 25.9 Å². The van der Waals surface area contributed by atoms with Gasteiger partial charge in [0.25, 0.3) is 0 Å². The SMILES string of the molecule is COCCCOc1cc(CO)cc2c1OCCC2. The second-order valence-electron chi connectivity index (χ2n) is 4.39. The van der Waals surface area contributed by atoms with Crippen LogP contribution < -0.4 is 9.47 Å². The van der Waals surface area contributed by atoms with E-state index in [0.29, 0.717) is 13.2 Å². The number of rotatable bonds is 6. The number of fused-ring (bicyclic) bond motifs is 1. The molecule has 4 nitrogen and oxygen atoms in total. The molecule has 0 aromatic heterocycles. The van der Waals surface area contributed by atoms with Crippen molar-refractivity contribution in [2.24, 2.45) is 0 Å². The minimum atomic E-state index is 0.0295. The lowest BCUT2D eigenvalue weighted by atomic mass is 10.0. The Morgan fingerprint density at radius 3 is 3.00 bits per heavy atom. The van der Waals surface area contributed by atoms with Gasteiger partial charge in [-0.1, -0.05) is 0 Å². The van der Waals surface area contributed by atoms with Gasteiger partial charge in [0.1, 0.15) is 0 Å². The van der Waals surface area contributed by atoms with E-state index < -0.39 is 0 Å². The number of hydrogen-bond donors (Lipinski definition) is 1. The maximum atomic E-state index is 9.26. The third-order valence-electron chi connectivity index (χ3n) is 2.96. The lowest BCUT2D eigenvalue weighted by molar-refractivity contribution is 0.169. The smallest absolute Gasteiger partial charge is 0.164 e. The molecule has 0 atom stereocenters. The van der Waals surface area contributed by atoms with Crippen molar-refractivity contribution in [3.05, 3.63) is 23.3 Å². The predicted octanol–water partition coefficient (Wildman–Crippen LogP) is 1.92. The van der Waals surface area contributed by atoms with Gasteiger partial charge in [0.15, 0.2) is 11.5 Å². The number of aliphatic hydroxyl groups excluding tert-OH is 1. The molecule has 0 fully saturated rings. The summed E-state index contributed by atoms with van der Waals surface area (Å²) in [6.07, 6.45) is 2.84. The molecule has 0 saturated carbocycles. The number of ether oxygens (including phenoxy) is 3. The summed E-state index contributed by atoms with van der Waals surface area (Å²) in [5.74, 6) is 1.59. The fourth-order valence-corrected chi connectivity index (χ4v) is 2.09. The molecule has 18 heavy (non-hydrogen) atoms. The molecular formula is C14H20O4. The Kier molecular flexibility index (Phi) is 4.84. The van der Waals surface area contributed by atoms with Crippen LogP contribution in [0.1, 0.15) is 24.0 Å². The van der Waals surface area contributed by atoms with Crippen LogP contribution in [0, 0.1) is 0 Å². The molecule has 0 radical (unpaired) electrons. The lowest BCUT2D eigenvalue weighted by Gasteiger charge is -2.21. The highest BCUT2D eigenvalue weighted by molar-refractivity contribution is 5.50. The molecule has 0 saturated heterocycles. The molecule has 0 aliphatic carbocycles. The Hall–Kier alpha value is -1.26. The first kappa shape index (κ1) is 13.2. The second-order valence-corrected chi connectivity index (χ2v) is 4.39. The number of aliphatic hydroxyl groups is 1. The van der Waals surface area contributed by atoms with E-state index in [0.717, 1.165) is 48.5 Å². The molecular weight excluding hydrogens is 232 g/mol. The van der Waals surface area contributed by atoms with Crippen molar-refractivity contribution in [3.63, 3.8) is 0 Å². The van der Waals surface area contributed by atoms with Crippen molar-refractivity contribution < 1.29 is 19.3 Å². The minimum Gasteiger partial charge on any atom is -0.490 e. The number of benzene rings is 1. The molecule has 4 heteroatoms. The third-order valence-corrected chi connectivity index (χ3v) is 2.96. The van der Waals surface area contributed by atoms with Crippen LogP contribution >= 0.6 is 0 Å². The molecule has 1 aromatic carbocycles. The zero-order chi connectivity index (χ0) is 12.8. The lowest BCUT2D eigenvalue weighted by Crippen LogP contribution is -2.11. The van der Waals surface area contributed by atoms with Crippen LogP contribution in [0.25, 0.3) is 0 Å². The van der Waals surface area contributed by atoms with Gasteiger partial charge < -0.3 is 19.3 Å². The molecule has 1 N–H and O–H groups in total. The molecule has 1 heterocycles. The average Bonchev–Trinajstić information content (AvgIpc) is 2.43. The minimum absolute atomic E-state index is 0.0295. The Balaban J connectivity index is 2.11. The van der Waals surface area contributed by atoms with E-state index >= 15 is 0 Å². The van der Waals surface area contributed by atoms with Crippen LogP contribution in [0.2, 0.25) is 0 Å². The highest BCUT2D eigenvalue weighted by Crippen LogP contribution is 2.36. The molecule has 2 rings (SSSR count). The van der Waals surface area contributed by atoms with Crippen molar-refractivity contribution >= 4 is 0 Å². The first-order chi connectivity index (χ1) is 8.85. The first-order valence-corrected chi connectivity index (χ1v) is 6.36. The summed E-state index contributed by atoms with van der Waals surface area (Å²) in [6.45, 7) is 2.04. The van der Waals surface area contributed by atoms with Gasteiger partial charge in [0.05, 0.1) is 19.8 Å². The van der Waals surface area contributed by atoms with Gasteiger partial charge in [0, 0.05) is 20.1 Å². The summed E-state index contributed by atoms with van der Waals surface area (Å²) in [5.41, 5.74) is 2.01. The van der Waals surface area contributed by atoms with Crippen LogP contribution in [0.4, 0.5) is 0 Å².